The molecular weight excluding hydrogens is 292 g/mol. The summed E-state index contributed by atoms with van der Waals surface area (Å²) in [4.78, 5) is 12.1. The molecule has 0 fully saturated rings. The fourth-order valence-electron chi connectivity index (χ4n) is 2.75. The summed E-state index contributed by atoms with van der Waals surface area (Å²) in [7, 11) is 1.86. The first-order chi connectivity index (χ1) is 10.1. The molecule has 7 heteroatoms. The third-order valence-corrected chi connectivity index (χ3v) is 4.16. The number of aryl methyl sites for hydroxylation is 3. The molecule has 0 radical (unpaired) electrons. The van der Waals surface area contributed by atoms with Crippen LogP contribution in [0.1, 0.15) is 35.4 Å². The maximum absolute atomic E-state index is 12.1. The fraction of sp³-hybridized carbons (Fsp3) is 0.500. The van der Waals surface area contributed by atoms with Crippen LogP contribution in [0.4, 0.5) is 5.82 Å². The van der Waals surface area contributed by atoms with E-state index in [0.29, 0.717) is 12.8 Å². The Balaban J connectivity index is 1.65. The van der Waals surface area contributed by atoms with Gasteiger partial charge in [0.1, 0.15) is 5.82 Å². The minimum atomic E-state index is -0.0515. The van der Waals surface area contributed by atoms with Gasteiger partial charge in [0.15, 0.2) is 0 Å². The van der Waals surface area contributed by atoms with Crippen LogP contribution in [0, 0.1) is 6.92 Å². The summed E-state index contributed by atoms with van der Waals surface area (Å²) < 4.78 is 6.63. The summed E-state index contributed by atoms with van der Waals surface area (Å²) >= 11 is 5.90. The molecule has 2 aromatic rings. The zero-order chi connectivity index (χ0) is 15.0. The van der Waals surface area contributed by atoms with Gasteiger partial charge in [-0.25, -0.2) is 0 Å². The number of amides is 1. The number of nitrogens with one attached hydrogen (secondary N) is 1. The van der Waals surface area contributed by atoms with Crippen molar-refractivity contribution in [1.82, 2.24) is 14.9 Å². The quantitative estimate of drug-likeness (QED) is 0.941. The second-order valence-electron chi connectivity index (χ2n) is 5.32. The molecule has 2 heterocycles. The van der Waals surface area contributed by atoms with E-state index in [0.717, 1.165) is 42.0 Å². The molecule has 0 spiro atoms. The van der Waals surface area contributed by atoms with E-state index in [1.807, 2.05) is 14.0 Å². The number of nitrogens with zero attached hydrogens (tertiary/aromatic N) is 3. The van der Waals surface area contributed by atoms with E-state index in [9.17, 15) is 4.79 Å². The van der Waals surface area contributed by atoms with Gasteiger partial charge in [0.2, 0.25) is 11.1 Å². The first-order valence-electron chi connectivity index (χ1n) is 7.01. The molecule has 0 atom stereocenters. The van der Waals surface area contributed by atoms with Gasteiger partial charge in [-0.05, 0) is 44.2 Å². The molecule has 0 saturated heterocycles. The standard InChI is InChI=1S/C14H17ClN4O2/c1-8-9(13(15)21-18-8)6-7-12(20)16-14-10-4-3-5-11(10)17-19(14)2/h3-7H2,1-2H3,(H,16,20). The van der Waals surface area contributed by atoms with Gasteiger partial charge in [-0.15, -0.1) is 0 Å². The van der Waals surface area contributed by atoms with Crippen molar-refractivity contribution < 1.29 is 9.32 Å². The van der Waals surface area contributed by atoms with Crippen LogP contribution in [-0.2, 0) is 31.1 Å². The van der Waals surface area contributed by atoms with Gasteiger partial charge in [0.25, 0.3) is 0 Å². The molecule has 112 valence electrons. The largest absolute Gasteiger partial charge is 0.344 e. The molecule has 3 rings (SSSR count). The number of anilines is 1. The maximum Gasteiger partial charge on any atom is 0.229 e. The van der Waals surface area contributed by atoms with Gasteiger partial charge in [0.05, 0.1) is 11.4 Å². The second kappa shape index (κ2) is 5.52. The molecule has 0 aliphatic heterocycles. The summed E-state index contributed by atoms with van der Waals surface area (Å²) in [6.45, 7) is 1.82. The van der Waals surface area contributed by atoms with Crippen LogP contribution in [-0.4, -0.2) is 20.8 Å². The van der Waals surface area contributed by atoms with Crippen LogP contribution >= 0.6 is 11.6 Å². The van der Waals surface area contributed by atoms with E-state index < -0.39 is 0 Å². The molecule has 0 saturated carbocycles. The lowest BCUT2D eigenvalue weighted by atomic mass is 10.1. The zero-order valence-corrected chi connectivity index (χ0v) is 12.8. The number of aromatic nitrogens is 3. The van der Waals surface area contributed by atoms with Crippen LogP contribution < -0.4 is 5.32 Å². The molecule has 2 aromatic heterocycles. The van der Waals surface area contributed by atoms with E-state index in [1.54, 1.807) is 4.68 Å². The number of carbonyl (C=O) groups excluding carboxylic acids is 1. The maximum atomic E-state index is 12.1. The van der Waals surface area contributed by atoms with Crippen LogP contribution in [0.15, 0.2) is 4.52 Å². The van der Waals surface area contributed by atoms with E-state index in [2.05, 4.69) is 15.6 Å². The highest BCUT2D eigenvalue weighted by atomic mass is 35.5. The summed E-state index contributed by atoms with van der Waals surface area (Å²) in [5.41, 5.74) is 3.80. The highest BCUT2D eigenvalue weighted by Gasteiger charge is 2.22. The molecule has 0 bridgehead atoms. The van der Waals surface area contributed by atoms with Gasteiger partial charge in [-0.1, -0.05) is 5.16 Å². The van der Waals surface area contributed by atoms with Crippen molar-refractivity contribution >= 4 is 23.3 Å². The Labute approximate surface area is 127 Å². The van der Waals surface area contributed by atoms with E-state index in [-0.39, 0.29) is 11.1 Å². The average Bonchev–Trinajstić information content (AvgIpc) is 3.08. The van der Waals surface area contributed by atoms with E-state index in [1.165, 1.54) is 5.56 Å². The van der Waals surface area contributed by atoms with Gasteiger partial charge in [0, 0.05) is 24.6 Å². The number of hydrogen-bond donors (Lipinski definition) is 1. The number of hydrogen-bond acceptors (Lipinski definition) is 4. The molecule has 1 aliphatic carbocycles. The predicted molar refractivity (Wildman–Crippen MR) is 78.4 cm³/mol. The Bertz CT molecular complexity index is 670. The van der Waals surface area contributed by atoms with Crippen molar-refractivity contribution in [3.63, 3.8) is 0 Å². The number of carbonyl (C=O) groups is 1. The first-order valence-corrected chi connectivity index (χ1v) is 7.39. The number of fused-ring (bicyclic) bond motifs is 1. The van der Waals surface area contributed by atoms with Crippen molar-refractivity contribution in [3.05, 3.63) is 27.7 Å². The Morgan fingerprint density at radius 3 is 3.00 bits per heavy atom. The molecule has 0 aromatic carbocycles. The SMILES string of the molecule is Cc1noc(Cl)c1CCC(=O)Nc1c2c(nn1C)CCC2. The van der Waals surface area contributed by atoms with Gasteiger partial charge in [-0.3, -0.25) is 9.48 Å². The predicted octanol–water partition coefficient (Wildman–Crippen LogP) is 2.43. The summed E-state index contributed by atoms with van der Waals surface area (Å²) in [5, 5.41) is 11.4. The molecule has 1 amide bonds. The molecule has 1 aliphatic rings. The molecule has 1 N–H and O–H groups in total. The zero-order valence-electron chi connectivity index (χ0n) is 12.1. The van der Waals surface area contributed by atoms with Crippen molar-refractivity contribution in [2.75, 3.05) is 5.32 Å². The van der Waals surface area contributed by atoms with Crippen LogP contribution in [0.25, 0.3) is 0 Å². The highest BCUT2D eigenvalue weighted by Crippen LogP contribution is 2.28. The lowest BCUT2D eigenvalue weighted by molar-refractivity contribution is -0.116. The number of rotatable bonds is 4. The van der Waals surface area contributed by atoms with Crippen molar-refractivity contribution in [2.24, 2.45) is 7.05 Å². The van der Waals surface area contributed by atoms with E-state index in [4.69, 9.17) is 16.1 Å². The normalized spacial score (nSPS) is 13.5. The second-order valence-corrected chi connectivity index (χ2v) is 5.66. The highest BCUT2D eigenvalue weighted by molar-refractivity contribution is 6.29. The molecular formula is C14H17ClN4O2. The van der Waals surface area contributed by atoms with Crippen LogP contribution in [0.2, 0.25) is 5.22 Å². The minimum absolute atomic E-state index is 0.0515. The van der Waals surface area contributed by atoms with Crippen LogP contribution in [0.5, 0.6) is 0 Å². The first kappa shape index (κ1) is 14.1. The third kappa shape index (κ3) is 2.68. The average molecular weight is 309 g/mol. The topological polar surface area (TPSA) is 73.0 Å². The molecule has 0 unspecified atom stereocenters. The fourth-order valence-corrected chi connectivity index (χ4v) is 3.01. The third-order valence-electron chi connectivity index (χ3n) is 3.87. The summed E-state index contributed by atoms with van der Waals surface area (Å²) in [6.07, 6.45) is 3.93. The van der Waals surface area contributed by atoms with Crippen molar-refractivity contribution in [2.45, 2.75) is 39.0 Å². The molecule has 21 heavy (non-hydrogen) atoms. The van der Waals surface area contributed by atoms with Crippen molar-refractivity contribution in [1.29, 1.82) is 0 Å². The summed E-state index contributed by atoms with van der Waals surface area (Å²) in [5.74, 6) is 0.769. The Kier molecular flexibility index (Phi) is 3.71. The lowest BCUT2D eigenvalue weighted by Crippen LogP contribution is -2.16. The van der Waals surface area contributed by atoms with Gasteiger partial charge >= 0.3 is 0 Å². The monoisotopic (exact) mass is 308 g/mol. The molecule has 6 nitrogen and oxygen atoms in total. The number of halogens is 1. The Hall–Kier alpha value is -1.82. The van der Waals surface area contributed by atoms with Gasteiger partial charge < -0.3 is 9.84 Å². The Morgan fingerprint density at radius 1 is 1.48 bits per heavy atom. The lowest BCUT2D eigenvalue weighted by Gasteiger charge is -2.07. The smallest absolute Gasteiger partial charge is 0.229 e. The van der Waals surface area contributed by atoms with Crippen LogP contribution in [0.3, 0.4) is 0 Å². The van der Waals surface area contributed by atoms with E-state index >= 15 is 0 Å². The van der Waals surface area contributed by atoms with Crippen molar-refractivity contribution in [3.8, 4) is 0 Å². The minimum Gasteiger partial charge on any atom is -0.344 e. The Morgan fingerprint density at radius 2 is 2.29 bits per heavy atom. The van der Waals surface area contributed by atoms with Gasteiger partial charge in [-0.2, -0.15) is 5.10 Å². The summed E-state index contributed by atoms with van der Waals surface area (Å²) in [6, 6.07) is 0.